The van der Waals surface area contributed by atoms with Gasteiger partial charge in [-0.15, -0.1) is 11.3 Å². The number of nitrogens with one attached hydrogen (secondary N) is 3. The highest BCUT2D eigenvalue weighted by atomic mass is 32.1. The first-order chi connectivity index (χ1) is 9.63. The van der Waals surface area contributed by atoms with E-state index in [9.17, 15) is 14.4 Å². The number of hydrogen-bond acceptors (Lipinski definition) is 4. The molecule has 0 fully saturated rings. The molecule has 20 heavy (non-hydrogen) atoms. The van der Waals surface area contributed by atoms with Crippen LogP contribution in [0.4, 0.5) is 15.5 Å². The molecular formula is C13H9N3O3S. The Kier molecular flexibility index (Phi) is 2.96. The van der Waals surface area contributed by atoms with Crippen molar-refractivity contribution in [1.82, 2.24) is 5.32 Å². The van der Waals surface area contributed by atoms with Crippen molar-refractivity contribution >= 4 is 39.9 Å². The van der Waals surface area contributed by atoms with Crippen LogP contribution in [0.3, 0.4) is 0 Å². The first kappa shape index (κ1) is 12.4. The number of benzene rings is 1. The van der Waals surface area contributed by atoms with Crippen LogP contribution in [0, 0.1) is 0 Å². The highest BCUT2D eigenvalue weighted by molar-refractivity contribution is 7.14. The maximum Gasteiger partial charge on any atom is 0.324 e. The summed E-state index contributed by atoms with van der Waals surface area (Å²) in [6.07, 6.45) is 0. The predicted octanol–water partition coefficient (Wildman–Crippen LogP) is 2.28. The maximum absolute atomic E-state index is 11.7. The first-order valence-corrected chi connectivity index (χ1v) is 6.63. The summed E-state index contributed by atoms with van der Waals surface area (Å²) in [7, 11) is 0. The van der Waals surface area contributed by atoms with Gasteiger partial charge in [0.05, 0.1) is 16.1 Å². The van der Waals surface area contributed by atoms with Crippen LogP contribution in [0.2, 0.25) is 0 Å². The topological polar surface area (TPSA) is 87.3 Å². The van der Waals surface area contributed by atoms with E-state index in [-0.39, 0.29) is 5.56 Å². The zero-order chi connectivity index (χ0) is 14.1. The average molecular weight is 287 g/mol. The Morgan fingerprint density at radius 2 is 1.85 bits per heavy atom. The number of imide groups is 1. The van der Waals surface area contributed by atoms with Crippen molar-refractivity contribution in [1.29, 1.82) is 0 Å². The van der Waals surface area contributed by atoms with Gasteiger partial charge in [0, 0.05) is 5.69 Å². The second-order valence-electron chi connectivity index (χ2n) is 4.10. The molecule has 7 heteroatoms. The van der Waals surface area contributed by atoms with Crippen LogP contribution in [0.5, 0.6) is 0 Å². The van der Waals surface area contributed by atoms with Gasteiger partial charge >= 0.3 is 6.03 Å². The summed E-state index contributed by atoms with van der Waals surface area (Å²) < 4.78 is 0. The molecule has 100 valence electrons. The van der Waals surface area contributed by atoms with Gasteiger partial charge in [0.2, 0.25) is 0 Å². The molecule has 2 aromatic rings. The van der Waals surface area contributed by atoms with E-state index in [0.717, 1.165) is 5.00 Å². The van der Waals surface area contributed by atoms with E-state index in [0.29, 0.717) is 11.3 Å². The average Bonchev–Trinajstić information content (AvgIpc) is 2.99. The molecule has 0 bridgehead atoms. The molecular weight excluding hydrogens is 278 g/mol. The lowest BCUT2D eigenvalue weighted by molar-refractivity contribution is 0.0879. The molecule has 3 rings (SSSR count). The number of rotatable bonds is 2. The number of carbonyl (C=O) groups excluding carboxylic acids is 3. The van der Waals surface area contributed by atoms with Crippen molar-refractivity contribution in [3.8, 4) is 0 Å². The van der Waals surface area contributed by atoms with Crippen molar-refractivity contribution in [2.24, 2.45) is 0 Å². The fourth-order valence-electron chi connectivity index (χ4n) is 1.87. The smallest absolute Gasteiger partial charge is 0.308 e. The van der Waals surface area contributed by atoms with E-state index in [4.69, 9.17) is 0 Å². The van der Waals surface area contributed by atoms with E-state index in [2.05, 4.69) is 16.0 Å². The summed E-state index contributed by atoms with van der Waals surface area (Å²) in [6, 6.07) is 7.76. The summed E-state index contributed by atoms with van der Waals surface area (Å²) in [5.41, 5.74) is 1.03. The molecule has 6 nitrogen and oxygen atoms in total. The van der Waals surface area contributed by atoms with Gasteiger partial charge in [-0.3, -0.25) is 20.2 Å². The second kappa shape index (κ2) is 4.78. The predicted molar refractivity (Wildman–Crippen MR) is 75.2 cm³/mol. The van der Waals surface area contributed by atoms with Crippen LogP contribution < -0.4 is 16.0 Å². The lowest BCUT2D eigenvalue weighted by Crippen LogP contribution is -2.20. The molecule has 0 saturated heterocycles. The van der Waals surface area contributed by atoms with Crippen molar-refractivity contribution < 1.29 is 14.4 Å². The standard InChI is InChI=1S/C13H9N3O3S/c17-11-8-4-3-7(6-9(8)12(18)16-11)14-13(19)15-10-2-1-5-20-10/h1-6H,(H2,14,15,19)(H,16,17,18). The molecule has 0 saturated carbocycles. The van der Waals surface area contributed by atoms with E-state index >= 15 is 0 Å². The minimum atomic E-state index is -0.452. The Morgan fingerprint density at radius 3 is 2.60 bits per heavy atom. The molecule has 0 aliphatic carbocycles. The van der Waals surface area contributed by atoms with Crippen LogP contribution in [0.15, 0.2) is 35.7 Å². The second-order valence-corrected chi connectivity index (χ2v) is 5.05. The van der Waals surface area contributed by atoms with Crippen LogP contribution in [-0.2, 0) is 0 Å². The number of amides is 4. The number of anilines is 2. The van der Waals surface area contributed by atoms with Crippen LogP contribution >= 0.6 is 11.3 Å². The molecule has 0 unspecified atom stereocenters. The zero-order valence-corrected chi connectivity index (χ0v) is 10.9. The minimum absolute atomic E-state index is 0.268. The van der Waals surface area contributed by atoms with E-state index in [1.807, 2.05) is 11.4 Å². The molecule has 2 heterocycles. The Hall–Kier alpha value is -2.67. The highest BCUT2D eigenvalue weighted by Gasteiger charge is 2.26. The number of fused-ring (bicyclic) bond motifs is 1. The van der Waals surface area contributed by atoms with Crippen LogP contribution in [-0.4, -0.2) is 17.8 Å². The van der Waals surface area contributed by atoms with Crippen LogP contribution in [0.25, 0.3) is 0 Å². The molecule has 1 aromatic carbocycles. The Bertz CT molecular complexity index is 710. The SMILES string of the molecule is O=C(Nc1ccc2c(c1)C(=O)NC2=O)Nc1cccs1. The van der Waals surface area contributed by atoms with E-state index in [1.165, 1.54) is 23.5 Å². The third-order valence-electron chi connectivity index (χ3n) is 2.75. The van der Waals surface area contributed by atoms with Gasteiger partial charge in [-0.1, -0.05) is 0 Å². The fraction of sp³-hybridized carbons (Fsp3) is 0. The maximum atomic E-state index is 11.7. The van der Waals surface area contributed by atoms with Crippen molar-refractivity contribution in [3.05, 3.63) is 46.8 Å². The molecule has 1 aliphatic rings. The van der Waals surface area contributed by atoms with Crippen molar-refractivity contribution in [2.75, 3.05) is 10.6 Å². The summed E-state index contributed by atoms with van der Waals surface area (Å²) >= 11 is 1.40. The van der Waals surface area contributed by atoms with Gasteiger partial charge in [0.1, 0.15) is 0 Å². The van der Waals surface area contributed by atoms with Crippen molar-refractivity contribution in [2.45, 2.75) is 0 Å². The van der Waals surface area contributed by atoms with Gasteiger partial charge in [0.15, 0.2) is 0 Å². The fourth-order valence-corrected chi connectivity index (χ4v) is 2.48. The minimum Gasteiger partial charge on any atom is -0.308 e. The summed E-state index contributed by atoms with van der Waals surface area (Å²) in [5, 5.41) is 10.0. The lowest BCUT2D eigenvalue weighted by Gasteiger charge is -2.06. The van der Waals surface area contributed by atoms with E-state index < -0.39 is 17.8 Å². The summed E-state index contributed by atoms with van der Waals surface area (Å²) in [4.78, 5) is 34.6. The van der Waals surface area contributed by atoms with Gasteiger partial charge in [-0.2, -0.15) is 0 Å². The normalized spacial score (nSPS) is 12.8. The van der Waals surface area contributed by atoms with Crippen molar-refractivity contribution in [3.63, 3.8) is 0 Å². The third kappa shape index (κ3) is 2.26. The number of hydrogen-bond donors (Lipinski definition) is 3. The highest BCUT2D eigenvalue weighted by Crippen LogP contribution is 2.21. The Morgan fingerprint density at radius 1 is 1.05 bits per heavy atom. The first-order valence-electron chi connectivity index (χ1n) is 5.75. The molecule has 0 spiro atoms. The molecule has 0 radical (unpaired) electrons. The summed E-state index contributed by atoms with van der Waals surface area (Å²) in [6.45, 7) is 0. The van der Waals surface area contributed by atoms with Crippen LogP contribution in [0.1, 0.15) is 20.7 Å². The van der Waals surface area contributed by atoms with Gasteiger partial charge in [-0.05, 0) is 35.7 Å². The number of carbonyl (C=O) groups is 3. The van der Waals surface area contributed by atoms with Gasteiger partial charge in [-0.25, -0.2) is 4.79 Å². The molecule has 3 N–H and O–H groups in total. The monoisotopic (exact) mass is 287 g/mol. The third-order valence-corrected chi connectivity index (χ3v) is 3.54. The van der Waals surface area contributed by atoms with Gasteiger partial charge in [0.25, 0.3) is 11.8 Å². The Labute approximate surface area is 117 Å². The van der Waals surface area contributed by atoms with Gasteiger partial charge < -0.3 is 5.32 Å². The molecule has 1 aliphatic heterocycles. The quantitative estimate of drug-likeness (QED) is 0.740. The molecule has 1 aromatic heterocycles. The largest absolute Gasteiger partial charge is 0.324 e. The zero-order valence-electron chi connectivity index (χ0n) is 10.1. The Balaban J connectivity index is 1.76. The molecule has 4 amide bonds. The number of thiophene rings is 1. The molecule has 0 atom stereocenters. The van der Waals surface area contributed by atoms with E-state index in [1.54, 1.807) is 12.1 Å². The summed E-state index contributed by atoms with van der Waals surface area (Å²) in [5.74, 6) is -0.869. The lowest BCUT2D eigenvalue weighted by atomic mass is 10.1. The number of urea groups is 1.